The molecule has 17 heavy (non-hydrogen) atoms. The molecule has 0 heterocycles. The quantitative estimate of drug-likeness (QED) is 0.470. The van der Waals surface area contributed by atoms with Crippen LogP contribution in [0.4, 0.5) is 0 Å². The van der Waals surface area contributed by atoms with Gasteiger partial charge in [0.05, 0.1) is 11.9 Å². The Bertz CT molecular complexity index is 531. The van der Waals surface area contributed by atoms with Crippen LogP contribution in [0.1, 0.15) is 20.7 Å². The standard InChI is InChI=1S/C8H6O7S.Ca/c9-7(10)4-2-1-3-5(8(11)12)6(4)16(13,14)15;/h1-3H,(H,9,10)(H,11,12)(H,13,14,15);/q;+2/p-2. The Balaban J connectivity index is 0.00000256. The minimum Gasteiger partial charge on any atom is -0.545 e. The second-order valence-corrected chi connectivity index (χ2v) is 4.09. The van der Waals surface area contributed by atoms with E-state index in [4.69, 9.17) is 4.55 Å². The van der Waals surface area contributed by atoms with Crippen LogP contribution in [0.3, 0.4) is 0 Å². The third kappa shape index (κ3) is 3.65. The molecule has 9 heteroatoms. The average molecular weight is 284 g/mol. The van der Waals surface area contributed by atoms with Crippen LogP contribution in [0.5, 0.6) is 0 Å². The van der Waals surface area contributed by atoms with E-state index in [0.29, 0.717) is 0 Å². The summed E-state index contributed by atoms with van der Waals surface area (Å²) in [5.74, 6) is -3.84. The molecule has 0 aliphatic heterocycles. The number of aromatic carboxylic acids is 2. The van der Waals surface area contributed by atoms with Gasteiger partial charge in [0.1, 0.15) is 4.90 Å². The van der Waals surface area contributed by atoms with Crippen molar-refractivity contribution < 1.29 is 32.8 Å². The van der Waals surface area contributed by atoms with Gasteiger partial charge in [-0.3, -0.25) is 4.55 Å². The van der Waals surface area contributed by atoms with Crippen LogP contribution in [0.25, 0.3) is 0 Å². The molecule has 0 atom stereocenters. The molecule has 0 fully saturated rings. The van der Waals surface area contributed by atoms with E-state index in [1.165, 1.54) is 0 Å². The molecule has 0 aliphatic rings. The first-order valence-electron chi connectivity index (χ1n) is 3.78. The molecule has 0 saturated heterocycles. The minimum absolute atomic E-state index is 0. The Labute approximate surface area is 126 Å². The van der Waals surface area contributed by atoms with E-state index >= 15 is 0 Å². The van der Waals surface area contributed by atoms with Gasteiger partial charge in [-0.2, -0.15) is 8.42 Å². The van der Waals surface area contributed by atoms with Crippen molar-refractivity contribution in [2.24, 2.45) is 0 Å². The van der Waals surface area contributed by atoms with Crippen molar-refractivity contribution in [3.05, 3.63) is 29.3 Å². The number of carboxylic acid groups (broad SMARTS) is 2. The zero-order chi connectivity index (χ0) is 12.5. The van der Waals surface area contributed by atoms with Gasteiger partial charge in [-0.1, -0.05) is 18.2 Å². The Kier molecular flexibility index (Phi) is 5.56. The number of hydrogen-bond acceptors (Lipinski definition) is 6. The fraction of sp³-hybridized carbons (Fsp3) is 0. The average Bonchev–Trinajstić information content (AvgIpc) is 2.15. The number of carboxylic acids is 2. The number of carbonyl (C=O) groups is 2. The second kappa shape index (κ2) is 5.78. The molecule has 1 aromatic carbocycles. The van der Waals surface area contributed by atoms with Gasteiger partial charge in [-0.25, -0.2) is 0 Å². The van der Waals surface area contributed by atoms with Gasteiger partial charge in [-0.05, 0) is 0 Å². The van der Waals surface area contributed by atoms with Crippen LogP contribution in [-0.4, -0.2) is 62.6 Å². The summed E-state index contributed by atoms with van der Waals surface area (Å²) in [6.07, 6.45) is 0. The number of benzene rings is 1. The Morgan fingerprint density at radius 3 is 1.65 bits per heavy atom. The maximum Gasteiger partial charge on any atom is 2.00 e. The molecule has 1 rings (SSSR count). The van der Waals surface area contributed by atoms with E-state index in [9.17, 15) is 28.2 Å². The largest absolute Gasteiger partial charge is 2.00 e. The first kappa shape index (κ1) is 16.3. The third-order valence-corrected chi connectivity index (χ3v) is 2.67. The third-order valence-electron chi connectivity index (χ3n) is 1.71. The van der Waals surface area contributed by atoms with E-state index in [2.05, 4.69) is 0 Å². The smallest absolute Gasteiger partial charge is 0.545 e. The summed E-state index contributed by atoms with van der Waals surface area (Å²) in [6.45, 7) is 0. The van der Waals surface area contributed by atoms with Crippen LogP contribution in [0, 0.1) is 0 Å². The SMILES string of the molecule is O=C([O-])c1cccc(C(=O)[O-])c1S(=O)(=O)O.[Ca+2]. The van der Waals surface area contributed by atoms with E-state index < -0.39 is 38.1 Å². The molecule has 1 N–H and O–H groups in total. The van der Waals surface area contributed by atoms with E-state index in [1.807, 2.05) is 0 Å². The number of hydrogen-bond donors (Lipinski definition) is 1. The molecule has 0 aromatic heterocycles. The topological polar surface area (TPSA) is 135 Å². The second-order valence-electron chi connectivity index (χ2n) is 2.73. The van der Waals surface area contributed by atoms with Crippen LogP contribution in [-0.2, 0) is 10.1 Å². The molecular weight excluding hydrogens is 280 g/mol. The van der Waals surface area contributed by atoms with Crippen LogP contribution >= 0.6 is 0 Å². The van der Waals surface area contributed by atoms with Crippen molar-refractivity contribution in [3.8, 4) is 0 Å². The summed E-state index contributed by atoms with van der Waals surface area (Å²) in [6, 6.07) is 2.58. The van der Waals surface area contributed by atoms with Gasteiger partial charge in [0, 0.05) is 11.1 Å². The molecule has 0 aliphatic carbocycles. The first-order chi connectivity index (χ1) is 7.25. The van der Waals surface area contributed by atoms with Crippen LogP contribution in [0.15, 0.2) is 23.1 Å². The van der Waals surface area contributed by atoms with Gasteiger partial charge in [-0.15, -0.1) is 0 Å². The summed E-state index contributed by atoms with van der Waals surface area (Å²) >= 11 is 0. The van der Waals surface area contributed by atoms with E-state index in [1.54, 1.807) is 0 Å². The van der Waals surface area contributed by atoms with E-state index in [0.717, 1.165) is 18.2 Å². The zero-order valence-electron chi connectivity index (χ0n) is 8.24. The summed E-state index contributed by atoms with van der Waals surface area (Å²) < 4.78 is 30.5. The van der Waals surface area contributed by atoms with Gasteiger partial charge in [0.2, 0.25) is 0 Å². The summed E-state index contributed by atoms with van der Waals surface area (Å²) in [5, 5.41) is 21.1. The Morgan fingerprint density at radius 1 is 1.06 bits per heavy atom. The van der Waals surface area contributed by atoms with Crippen LogP contribution < -0.4 is 10.2 Å². The summed E-state index contributed by atoms with van der Waals surface area (Å²) in [5.41, 5.74) is -1.88. The Morgan fingerprint density at radius 2 is 1.41 bits per heavy atom. The van der Waals surface area contributed by atoms with Crippen molar-refractivity contribution >= 4 is 59.8 Å². The molecule has 0 saturated carbocycles. The van der Waals surface area contributed by atoms with Crippen molar-refractivity contribution in [3.63, 3.8) is 0 Å². The summed E-state index contributed by atoms with van der Waals surface area (Å²) in [4.78, 5) is 19.8. The fourth-order valence-corrected chi connectivity index (χ4v) is 1.99. The molecule has 86 valence electrons. The predicted octanol–water partition coefficient (Wildman–Crippen LogP) is -2.72. The predicted molar refractivity (Wildman–Crippen MR) is 50.7 cm³/mol. The molecule has 1 aromatic rings. The zero-order valence-corrected chi connectivity index (χ0v) is 11.3. The fourth-order valence-electron chi connectivity index (χ4n) is 1.14. The molecule has 0 spiro atoms. The van der Waals surface area contributed by atoms with Crippen molar-refractivity contribution in [2.75, 3.05) is 0 Å². The van der Waals surface area contributed by atoms with Gasteiger partial charge in [0.25, 0.3) is 10.1 Å². The first-order valence-corrected chi connectivity index (χ1v) is 5.22. The number of carbonyl (C=O) groups excluding carboxylic acids is 2. The Hall–Kier alpha value is -0.670. The van der Waals surface area contributed by atoms with Crippen LogP contribution in [0.2, 0.25) is 0 Å². The van der Waals surface area contributed by atoms with Crippen molar-refractivity contribution in [2.45, 2.75) is 4.90 Å². The summed E-state index contributed by atoms with van der Waals surface area (Å²) in [7, 11) is -5.00. The molecular formula is C8H4CaO7S. The maximum absolute atomic E-state index is 10.9. The monoisotopic (exact) mass is 284 g/mol. The molecule has 0 bridgehead atoms. The molecule has 0 radical (unpaired) electrons. The maximum atomic E-state index is 10.9. The van der Waals surface area contributed by atoms with E-state index in [-0.39, 0.29) is 37.7 Å². The number of rotatable bonds is 3. The van der Waals surface area contributed by atoms with Crippen molar-refractivity contribution in [1.82, 2.24) is 0 Å². The normalized spacial score (nSPS) is 10.4. The van der Waals surface area contributed by atoms with Gasteiger partial charge >= 0.3 is 37.7 Å². The molecule has 0 unspecified atom stereocenters. The van der Waals surface area contributed by atoms with Crippen molar-refractivity contribution in [1.29, 1.82) is 0 Å². The molecule has 0 amide bonds. The molecule has 7 nitrogen and oxygen atoms in total. The minimum atomic E-state index is -5.00. The van der Waals surface area contributed by atoms with Gasteiger partial charge < -0.3 is 19.8 Å². The van der Waals surface area contributed by atoms with Gasteiger partial charge in [0.15, 0.2) is 0 Å².